The molecule has 0 radical (unpaired) electrons. The molecule has 0 aromatic heterocycles. The minimum atomic E-state index is -0.646. The summed E-state index contributed by atoms with van der Waals surface area (Å²) in [5.74, 6) is -1.03. The van der Waals surface area contributed by atoms with Crippen LogP contribution < -0.4 is 11.1 Å². The quantitative estimate of drug-likeness (QED) is 0.504. The van der Waals surface area contributed by atoms with Gasteiger partial charge in [0.1, 0.15) is 5.82 Å². The zero-order valence-electron chi connectivity index (χ0n) is 6.37. The minimum Gasteiger partial charge on any atom is -0.370 e. The molecule has 6 heteroatoms. The van der Waals surface area contributed by atoms with Gasteiger partial charge in [-0.05, 0) is 12.1 Å². The molecule has 3 nitrogen and oxygen atoms in total. The van der Waals surface area contributed by atoms with Gasteiger partial charge in [0.15, 0.2) is 5.96 Å². The van der Waals surface area contributed by atoms with Crippen molar-refractivity contribution in [3.63, 3.8) is 0 Å². The van der Waals surface area contributed by atoms with Crippen LogP contribution in [0.15, 0.2) is 12.1 Å². The average molecular weight is 222 g/mol. The summed E-state index contributed by atoms with van der Waals surface area (Å²) in [6, 6.07) is 2.44. The Hall–Kier alpha value is -1.000. The number of rotatable bonds is 1. The summed E-state index contributed by atoms with van der Waals surface area (Å²) in [6.07, 6.45) is 0. The Labute approximate surface area is 84.1 Å². The van der Waals surface area contributed by atoms with Crippen molar-refractivity contribution < 1.29 is 4.39 Å². The van der Waals surface area contributed by atoms with Crippen molar-refractivity contribution in [1.29, 1.82) is 5.41 Å². The number of hydrogen-bond acceptors (Lipinski definition) is 1. The molecule has 1 aromatic carbocycles. The first-order valence-electron chi connectivity index (χ1n) is 3.26. The molecule has 0 spiro atoms. The summed E-state index contributed by atoms with van der Waals surface area (Å²) < 4.78 is 13.1. The van der Waals surface area contributed by atoms with Crippen LogP contribution in [0.4, 0.5) is 10.1 Å². The highest BCUT2D eigenvalue weighted by Gasteiger charge is 2.08. The molecule has 0 amide bonds. The highest BCUT2D eigenvalue weighted by Crippen LogP contribution is 2.28. The molecule has 4 N–H and O–H groups in total. The van der Waals surface area contributed by atoms with E-state index < -0.39 is 5.82 Å². The van der Waals surface area contributed by atoms with E-state index in [9.17, 15) is 4.39 Å². The topological polar surface area (TPSA) is 61.9 Å². The van der Waals surface area contributed by atoms with E-state index in [0.29, 0.717) is 0 Å². The second-order valence-corrected chi connectivity index (χ2v) is 3.13. The molecule has 0 aliphatic heterocycles. The van der Waals surface area contributed by atoms with Crippen LogP contribution in [-0.2, 0) is 0 Å². The van der Waals surface area contributed by atoms with Gasteiger partial charge >= 0.3 is 0 Å². The molecule has 1 aromatic rings. The van der Waals surface area contributed by atoms with Crippen molar-refractivity contribution in [2.75, 3.05) is 5.32 Å². The van der Waals surface area contributed by atoms with E-state index in [1.165, 1.54) is 6.07 Å². The number of nitrogens with one attached hydrogen (secondary N) is 2. The Bertz CT molecular complexity index is 331. The Morgan fingerprint density at radius 3 is 2.54 bits per heavy atom. The van der Waals surface area contributed by atoms with E-state index >= 15 is 0 Å². The van der Waals surface area contributed by atoms with E-state index in [1.54, 1.807) is 0 Å². The molecule has 0 saturated heterocycles. The fourth-order valence-electron chi connectivity index (χ4n) is 0.796. The monoisotopic (exact) mass is 221 g/mol. The standard InChI is InChI=1S/C7H6Cl2FN3/c8-3-1-4(9)6(5(10)2-3)13-7(11)12/h1-2H,(H4,11,12,13). The summed E-state index contributed by atoms with van der Waals surface area (Å²) >= 11 is 11.2. The second kappa shape index (κ2) is 3.81. The molecule has 0 fully saturated rings. The Balaban J connectivity index is 3.13. The predicted octanol–water partition coefficient (Wildman–Crippen LogP) is 2.44. The molecule has 0 unspecified atom stereocenters. The molecule has 13 heavy (non-hydrogen) atoms. The van der Waals surface area contributed by atoms with E-state index in [0.717, 1.165) is 6.07 Å². The van der Waals surface area contributed by atoms with Gasteiger partial charge in [-0.25, -0.2) is 4.39 Å². The van der Waals surface area contributed by atoms with Crippen molar-refractivity contribution in [3.8, 4) is 0 Å². The van der Waals surface area contributed by atoms with Crippen LogP contribution in [0.1, 0.15) is 0 Å². The van der Waals surface area contributed by atoms with E-state index in [-0.39, 0.29) is 21.7 Å². The second-order valence-electron chi connectivity index (χ2n) is 2.28. The van der Waals surface area contributed by atoms with E-state index in [2.05, 4.69) is 5.32 Å². The van der Waals surface area contributed by atoms with Crippen LogP contribution >= 0.6 is 23.2 Å². The molecule has 0 saturated carbocycles. The summed E-state index contributed by atoms with van der Waals surface area (Å²) in [5, 5.41) is 9.43. The predicted molar refractivity (Wildman–Crippen MR) is 52.0 cm³/mol. The first-order chi connectivity index (χ1) is 6.00. The highest BCUT2D eigenvalue weighted by atomic mass is 35.5. The van der Waals surface area contributed by atoms with Crippen LogP contribution in [0, 0.1) is 11.2 Å². The molecule has 0 atom stereocenters. The molecular weight excluding hydrogens is 216 g/mol. The lowest BCUT2D eigenvalue weighted by atomic mass is 10.3. The lowest BCUT2D eigenvalue weighted by Crippen LogP contribution is -2.21. The van der Waals surface area contributed by atoms with Gasteiger partial charge in [-0.1, -0.05) is 23.2 Å². The number of halogens is 3. The first-order valence-corrected chi connectivity index (χ1v) is 4.02. The number of anilines is 1. The van der Waals surface area contributed by atoms with Crippen LogP contribution in [0.5, 0.6) is 0 Å². The van der Waals surface area contributed by atoms with Crippen molar-refractivity contribution >= 4 is 34.8 Å². The lowest BCUT2D eigenvalue weighted by Gasteiger charge is -2.07. The molecule has 0 aliphatic carbocycles. The zero-order chi connectivity index (χ0) is 10.0. The fourth-order valence-corrected chi connectivity index (χ4v) is 1.31. The molecular formula is C7H6Cl2FN3. The molecule has 70 valence electrons. The van der Waals surface area contributed by atoms with Crippen LogP contribution in [0.25, 0.3) is 0 Å². The average Bonchev–Trinajstić information content (AvgIpc) is 1.96. The normalized spacial score (nSPS) is 9.77. The molecule has 0 heterocycles. The van der Waals surface area contributed by atoms with Crippen LogP contribution in [-0.4, -0.2) is 5.96 Å². The molecule has 0 aliphatic rings. The maximum absolute atomic E-state index is 13.1. The Kier molecular flexibility index (Phi) is 2.95. The number of benzene rings is 1. The fraction of sp³-hybridized carbons (Fsp3) is 0. The molecule has 0 bridgehead atoms. The van der Waals surface area contributed by atoms with Gasteiger partial charge < -0.3 is 11.1 Å². The highest BCUT2D eigenvalue weighted by molar-refractivity contribution is 6.36. The molecule has 1 rings (SSSR count). The Morgan fingerprint density at radius 1 is 1.46 bits per heavy atom. The van der Waals surface area contributed by atoms with Crippen molar-refractivity contribution in [2.24, 2.45) is 5.73 Å². The van der Waals surface area contributed by atoms with Crippen molar-refractivity contribution in [2.45, 2.75) is 0 Å². The summed E-state index contributed by atoms with van der Waals surface area (Å²) in [5.41, 5.74) is 4.97. The minimum absolute atomic E-state index is 0.0430. The van der Waals surface area contributed by atoms with E-state index in [1.807, 2.05) is 0 Å². The van der Waals surface area contributed by atoms with Crippen molar-refractivity contribution in [1.82, 2.24) is 0 Å². The SMILES string of the molecule is N=C(N)Nc1c(F)cc(Cl)cc1Cl. The lowest BCUT2D eigenvalue weighted by molar-refractivity contribution is 0.632. The number of hydrogen-bond donors (Lipinski definition) is 3. The third kappa shape index (κ3) is 2.47. The Morgan fingerprint density at radius 2 is 2.08 bits per heavy atom. The first kappa shape index (κ1) is 10.1. The largest absolute Gasteiger partial charge is 0.370 e. The van der Waals surface area contributed by atoms with Gasteiger partial charge in [-0.3, -0.25) is 5.41 Å². The number of guanidine groups is 1. The summed E-state index contributed by atoms with van der Waals surface area (Å²) in [7, 11) is 0. The van der Waals surface area contributed by atoms with Gasteiger partial charge in [0.25, 0.3) is 0 Å². The van der Waals surface area contributed by atoms with Crippen molar-refractivity contribution in [3.05, 3.63) is 28.0 Å². The smallest absolute Gasteiger partial charge is 0.190 e. The maximum atomic E-state index is 13.1. The zero-order valence-corrected chi connectivity index (χ0v) is 7.88. The van der Waals surface area contributed by atoms with Gasteiger partial charge in [-0.15, -0.1) is 0 Å². The van der Waals surface area contributed by atoms with Crippen LogP contribution in [0.2, 0.25) is 10.0 Å². The van der Waals surface area contributed by atoms with Crippen LogP contribution in [0.3, 0.4) is 0 Å². The maximum Gasteiger partial charge on any atom is 0.190 e. The van der Waals surface area contributed by atoms with Gasteiger partial charge in [0.2, 0.25) is 0 Å². The number of nitrogens with two attached hydrogens (primary N) is 1. The van der Waals surface area contributed by atoms with Gasteiger partial charge in [0.05, 0.1) is 10.7 Å². The summed E-state index contributed by atoms with van der Waals surface area (Å²) in [6.45, 7) is 0. The summed E-state index contributed by atoms with van der Waals surface area (Å²) in [4.78, 5) is 0. The third-order valence-electron chi connectivity index (χ3n) is 1.27. The van der Waals surface area contributed by atoms with Gasteiger partial charge in [0, 0.05) is 5.02 Å². The van der Waals surface area contributed by atoms with Gasteiger partial charge in [-0.2, -0.15) is 0 Å². The van der Waals surface area contributed by atoms with E-state index in [4.69, 9.17) is 34.3 Å². The third-order valence-corrected chi connectivity index (χ3v) is 1.78.